The Labute approximate surface area is 142 Å². The van der Waals surface area contributed by atoms with Crippen molar-refractivity contribution in [2.24, 2.45) is 11.8 Å². The van der Waals surface area contributed by atoms with Crippen LogP contribution in [0.4, 0.5) is 5.69 Å². The maximum atomic E-state index is 4.07. The first-order chi connectivity index (χ1) is 11.0. The van der Waals surface area contributed by atoms with Gasteiger partial charge in [0.2, 0.25) is 0 Å². The van der Waals surface area contributed by atoms with E-state index in [1.807, 2.05) is 6.08 Å². The lowest BCUT2D eigenvalue weighted by Gasteiger charge is -2.26. The molecule has 0 saturated carbocycles. The van der Waals surface area contributed by atoms with Crippen molar-refractivity contribution in [2.75, 3.05) is 18.4 Å². The summed E-state index contributed by atoms with van der Waals surface area (Å²) in [5.41, 5.74) is 5.22. The lowest BCUT2D eigenvalue weighted by molar-refractivity contribution is 0.436. The second-order valence-corrected chi connectivity index (χ2v) is 7.31. The third kappa shape index (κ3) is 5.16. The summed E-state index contributed by atoms with van der Waals surface area (Å²) in [7, 11) is 0. The summed E-state index contributed by atoms with van der Waals surface area (Å²) in [6.07, 6.45) is 5.45. The molecule has 2 nitrogen and oxygen atoms in total. The summed E-state index contributed by atoms with van der Waals surface area (Å²) >= 11 is 0. The normalized spacial score (nSPS) is 19.3. The third-order valence-corrected chi connectivity index (χ3v) is 4.65. The molecule has 1 aliphatic rings. The molecule has 0 radical (unpaired) electrons. The van der Waals surface area contributed by atoms with Gasteiger partial charge < -0.3 is 10.6 Å². The zero-order valence-electron chi connectivity index (χ0n) is 15.0. The fourth-order valence-electron chi connectivity index (χ4n) is 3.28. The lowest BCUT2D eigenvalue weighted by atomic mass is 9.92. The van der Waals surface area contributed by atoms with E-state index in [0.717, 1.165) is 25.9 Å². The smallest absolute Gasteiger partial charge is 0.0378 e. The predicted molar refractivity (Wildman–Crippen MR) is 102 cm³/mol. The van der Waals surface area contributed by atoms with Crippen LogP contribution >= 0.6 is 0 Å². The molecule has 1 fully saturated rings. The number of hydrogen-bond donors (Lipinski definition) is 2. The third-order valence-electron chi connectivity index (χ3n) is 4.65. The van der Waals surface area contributed by atoms with Crippen LogP contribution in [-0.4, -0.2) is 13.1 Å². The molecule has 1 saturated heterocycles. The van der Waals surface area contributed by atoms with Gasteiger partial charge in [0.25, 0.3) is 0 Å². The van der Waals surface area contributed by atoms with Crippen molar-refractivity contribution in [3.05, 3.63) is 54.3 Å². The van der Waals surface area contributed by atoms with Crippen LogP contribution in [0.15, 0.2) is 43.1 Å². The highest BCUT2D eigenvalue weighted by molar-refractivity contribution is 5.55. The summed E-state index contributed by atoms with van der Waals surface area (Å²) in [6.45, 7) is 16.9. The van der Waals surface area contributed by atoms with Crippen molar-refractivity contribution in [2.45, 2.75) is 46.0 Å². The van der Waals surface area contributed by atoms with Gasteiger partial charge in [-0.2, -0.15) is 0 Å². The summed E-state index contributed by atoms with van der Waals surface area (Å²) in [5, 5.41) is 7.02. The van der Waals surface area contributed by atoms with Crippen LogP contribution in [0.1, 0.15) is 50.7 Å². The van der Waals surface area contributed by atoms with Gasteiger partial charge in [-0.05, 0) is 48.3 Å². The molecule has 23 heavy (non-hydrogen) atoms. The van der Waals surface area contributed by atoms with Crippen LogP contribution in [0.2, 0.25) is 0 Å². The van der Waals surface area contributed by atoms with Gasteiger partial charge in [0, 0.05) is 30.4 Å². The molecular weight excluding hydrogens is 280 g/mol. The Morgan fingerprint density at radius 2 is 2.13 bits per heavy atom. The maximum Gasteiger partial charge on any atom is 0.0378 e. The van der Waals surface area contributed by atoms with Gasteiger partial charge >= 0.3 is 0 Å². The predicted octanol–water partition coefficient (Wildman–Crippen LogP) is 5.10. The van der Waals surface area contributed by atoms with Crippen molar-refractivity contribution < 1.29 is 0 Å². The van der Waals surface area contributed by atoms with Crippen molar-refractivity contribution in [1.29, 1.82) is 0 Å². The average molecular weight is 313 g/mol. The molecule has 0 aromatic heterocycles. The minimum Gasteiger partial charge on any atom is -0.389 e. The molecule has 0 bridgehead atoms. The van der Waals surface area contributed by atoms with Gasteiger partial charge in [-0.3, -0.25) is 0 Å². The highest BCUT2D eigenvalue weighted by Gasteiger charge is 2.16. The number of rotatable bonds is 7. The van der Waals surface area contributed by atoms with Crippen LogP contribution in [0.3, 0.4) is 0 Å². The van der Waals surface area contributed by atoms with Gasteiger partial charge in [0.15, 0.2) is 0 Å². The molecule has 1 aromatic rings. The van der Waals surface area contributed by atoms with Gasteiger partial charge in [-0.25, -0.2) is 0 Å². The first-order valence-electron chi connectivity index (χ1n) is 8.90. The van der Waals surface area contributed by atoms with Crippen LogP contribution in [0, 0.1) is 11.8 Å². The molecule has 2 N–H and O–H groups in total. The van der Waals surface area contributed by atoms with E-state index in [4.69, 9.17) is 0 Å². The number of benzene rings is 1. The standard InChI is InChI=1S/C21H32N2/c1-6-16(4)20-13-18(11-15(2)3)7-8-21(20)23-14-19-9-10-22-17(5)12-19/h6-8,13,15-16,19,22-23H,1,5,9-12,14H2,2-4H3. The number of allylic oxidation sites excluding steroid dienone is 2. The quantitative estimate of drug-likeness (QED) is 0.684. The van der Waals surface area contributed by atoms with E-state index in [1.165, 1.54) is 28.9 Å². The number of piperidine rings is 1. The highest BCUT2D eigenvalue weighted by Crippen LogP contribution is 2.28. The summed E-state index contributed by atoms with van der Waals surface area (Å²) in [6, 6.07) is 6.88. The fourth-order valence-corrected chi connectivity index (χ4v) is 3.28. The van der Waals surface area contributed by atoms with E-state index in [0.29, 0.717) is 17.8 Å². The van der Waals surface area contributed by atoms with Crippen molar-refractivity contribution in [3.63, 3.8) is 0 Å². The van der Waals surface area contributed by atoms with Crippen LogP contribution in [0.25, 0.3) is 0 Å². The lowest BCUT2D eigenvalue weighted by Crippen LogP contribution is -2.29. The summed E-state index contributed by atoms with van der Waals surface area (Å²) in [4.78, 5) is 0. The van der Waals surface area contributed by atoms with Crippen LogP contribution in [0.5, 0.6) is 0 Å². The number of anilines is 1. The monoisotopic (exact) mass is 312 g/mol. The zero-order chi connectivity index (χ0) is 16.8. The average Bonchev–Trinajstić information content (AvgIpc) is 2.52. The topological polar surface area (TPSA) is 24.1 Å². The molecule has 0 aliphatic carbocycles. The van der Waals surface area contributed by atoms with Gasteiger partial charge in [0.05, 0.1) is 0 Å². The minimum absolute atomic E-state index is 0.368. The Kier molecular flexibility index (Phi) is 6.32. The first kappa shape index (κ1) is 17.7. The number of nitrogens with one attached hydrogen (secondary N) is 2. The molecule has 0 spiro atoms. The fraction of sp³-hybridized carbons (Fsp3) is 0.524. The molecule has 0 amide bonds. The summed E-state index contributed by atoms with van der Waals surface area (Å²) < 4.78 is 0. The Balaban J connectivity index is 2.09. The molecule has 1 aromatic carbocycles. The molecular formula is C21H32N2. The molecule has 1 aliphatic heterocycles. The Morgan fingerprint density at radius 3 is 2.78 bits per heavy atom. The van der Waals surface area contributed by atoms with Crippen LogP contribution < -0.4 is 10.6 Å². The zero-order valence-corrected chi connectivity index (χ0v) is 15.0. The van der Waals surface area contributed by atoms with Crippen LogP contribution in [-0.2, 0) is 6.42 Å². The van der Waals surface area contributed by atoms with Crippen molar-refractivity contribution in [3.8, 4) is 0 Å². The van der Waals surface area contributed by atoms with Gasteiger partial charge in [-0.1, -0.05) is 45.6 Å². The molecule has 126 valence electrons. The van der Waals surface area contributed by atoms with E-state index in [9.17, 15) is 0 Å². The van der Waals surface area contributed by atoms with E-state index >= 15 is 0 Å². The molecule has 2 atom stereocenters. The van der Waals surface area contributed by atoms with E-state index in [2.05, 4.69) is 62.8 Å². The summed E-state index contributed by atoms with van der Waals surface area (Å²) in [5.74, 6) is 1.72. The van der Waals surface area contributed by atoms with E-state index in [-0.39, 0.29) is 0 Å². The second-order valence-electron chi connectivity index (χ2n) is 7.31. The molecule has 2 unspecified atom stereocenters. The van der Waals surface area contributed by atoms with E-state index < -0.39 is 0 Å². The molecule has 2 heteroatoms. The number of hydrogen-bond acceptors (Lipinski definition) is 2. The van der Waals surface area contributed by atoms with Crippen molar-refractivity contribution >= 4 is 5.69 Å². The first-order valence-corrected chi connectivity index (χ1v) is 8.90. The Hall–Kier alpha value is -1.70. The van der Waals surface area contributed by atoms with Crippen molar-refractivity contribution in [1.82, 2.24) is 5.32 Å². The largest absolute Gasteiger partial charge is 0.389 e. The second kappa shape index (κ2) is 8.24. The van der Waals surface area contributed by atoms with Gasteiger partial charge in [0.1, 0.15) is 0 Å². The highest BCUT2D eigenvalue weighted by atomic mass is 14.9. The SMILES string of the molecule is C=CC(C)c1cc(CC(C)C)ccc1NCC1CCNC(=C)C1. The minimum atomic E-state index is 0.368. The Bertz CT molecular complexity index is 545. The Morgan fingerprint density at radius 1 is 1.35 bits per heavy atom. The molecule has 2 rings (SSSR count). The van der Waals surface area contributed by atoms with E-state index in [1.54, 1.807) is 0 Å². The maximum absolute atomic E-state index is 4.07. The van der Waals surface area contributed by atoms with Gasteiger partial charge in [-0.15, -0.1) is 6.58 Å². The molecule has 1 heterocycles.